The Morgan fingerprint density at radius 3 is 2.06 bits per heavy atom. The molecule has 2 aromatic carbocycles. The number of carbonyl (C=O) groups excluding carboxylic acids is 1. The average molecular weight is 466 g/mol. The molecule has 1 amide bonds. The van der Waals surface area contributed by atoms with Crippen LogP contribution in [0.5, 0.6) is 0 Å². The highest BCUT2D eigenvalue weighted by Gasteiger charge is 2.21. The minimum Gasteiger partial charge on any atom is -0.326 e. The van der Waals surface area contributed by atoms with Crippen molar-refractivity contribution in [1.29, 1.82) is 0 Å². The number of nitrogens with one attached hydrogen (secondary N) is 3. The van der Waals surface area contributed by atoms with Gasteiger partial charge in [0.1, 0.15) is 0 Å². The van der Waals surface area contributed by atoms with Gasteiger partial charge in [-0.05, 0) is 49.2 Å². The van der Waals surface area contributed by atoms with E-state index in [9.17, 15) is 21.6 Å². The van der Waals surface area contributed by atoms with Crippen molar-refractivity contribution in [1.82, 2.24) is 9.44 Å². The number of hydrogen-bond donors (Lipinski definition) is 3. The van der Waals surface area contributed by atoms with E-state index in [0.717, 1.165) is 32.1 Å². The molecule has 0 radical (unpaired) electrons. The van der Waals surface area contributed by atoms with Gasteiger partial charge < -0.3 is 5.32 Å². The van der Waals surface area contributed by atoms with Gasteiger partial charge in [0.05, 0.1) is 9.79 Å². The van der Waals surface area contributed by atoms with E-state index in [-0.39, 0.29) is 34.7 Å². The van der Waals surface area contributed by atoms with E-state index in [1.165, 1.54) is 36.4 Å². The monoisotopic (exact) mass is 465 g/mol. The number of hydrogen-bond acceptors (Lipinski definition) is 5. The van der Waals surface area contributed by atoms with Crippen LogP contribution in [0, 0.1) is 0 Å². The predicted octanol–water partition coefficient (Wildman–Crippen LogP) is 2.60. The van der Waals surface area contributed by atoms with Crippen LogP contribution in [0.15, 0.2) is 64.4 Å². The lowest BCUT2D eigenvalue weighted by Crippen LogP contribution is -2.36. The predicted molar refractivity (Wildman–Crippen MR) is 119 cm³/mol. The molecule has 3 rings (SSSR count). The molecule has 168 valence electrons. The summed E-state index contributed by atoms with van der Waals surface area (Å²) >= 11 is 0. The van der Waals surface area contributed by atoms with E-state index in [1.54, 1.807) is 18.2 Å². The molecular weight excluding hydrogens is 438 g/mol. The summed E-state index contributed by atoms with van der Waals surface area (Å²) in [6, 6.07) is 13.8. The fourth-order valence-corrected chi connectivity index (χ4v) is 5.79. The van der Waals surface area contributed by atoms with Crippen molar-refractivity contribution in [3.05, 3.63) is 54.6 Å². The number of amides is 1. The van der Waals surface area contributed by atoms with Crippen LogP contribution < -0.4 is 14.8 Å². The topological polar surface area (TPSA) is 121 Å². The maximum Gasteiger partial charge on any atom is 0.240 e. The van der Waals surface area contributed by atoms with Crippen LogP contribution in [0.2, 0.25) is 0 Å². The third kappa shape index (κ3) is 6.86. The number of anilines is 1. The third-order valence-corrected chi connectivity index (χ3v) is 8.09. The fraction of sp³-hybridized carbons (Fsp3) is 0.381. The molecule has 1 aliphatic carbocycles. The van der Waals surface area contributed by atoms with Gasteiger partial charge in [-0.1, -0.05) is 37.5 Å². The average Bonchev–Trinajstić information content (AvgIpc) is 2.75. The second kappa shape index (κ2) is 10.4. The first-order valence-corrected chi connectivity index (χ1v) is 13.2. The molecule has 1 saturated carbocycles. The van der Waals surface area contributed by atoms with E-state index < -0.39 is 20.0 Å². The van der Waals surface area contributed by atoms with Crippen molar-refractivity contribution >= 4 is 31.6 Å². The van der Waals surface area contributed by atoms with E-state index in [0.29, 0.717) is 5.69 Å². The van der Waals surface area contributed by atoms with Gasteiger partial charge in [0.15, 0.2) is 0 Å². The highest BCUT2D eigenvalue weighted by molar-refractivity contribution is 7.89. The summed E-state index contributed by atoms with van der Waals surface area (Å²) in [7, 11) is -7.27. The van der Waals surface area contributed by atoms with Crippen LogP contribution in [0.4, 0.5) is 5.69 Å². The molecule has 31 heavy (non-hydrogen) atoms. The van der Waals surface area contributed by atoms with Gasteiger partial charge in [0.2, 0.25) is 26.0 Å². The van der Waals surface area contributed by atoms with Crippen LogP contribution >= 0.6 is 0 Å². The molecule has 3 N–H and O–H groups in total. The zero-order chi connectivity index (χ0) is 22.3. The Bertz CT molecular complexity index is 1080. The molecule has 10 heteroatoms. The molecule has 0 unspecified atom stereocenters. The molecule has 0 bridgehead atoms. The van der Waals surface area contributed by atoms with Crippen molar-refractivity contribution in [2.24, 2.45) is 0 Å². The second-order valence-corrected chi connectivity index (χ2v) is 11.0. The van der Waals surface area contributed by atoms with Gasteiger partial charge in [0, 0.05) is 24.7 Å². The number of benzene rings is 2. The highest BCUT2D eigenvalue weighted by Crippen LogP contribution is 2.21. The normalized spacial score (nSPS) is 15.5. The fourth-order valence-electron chi connectivity index (χ4n) is 3.43. The molecule has 1 fully saturated rings. The molecule has 2 aromatic rings. The smallest absolute Gasteiger partial charge is 0.240 e. The van der Waals surface area contributed by atoms with Crippen LogP contribution in [-0.2, 0) is 24.8 Å². The van der Waals surface area contributed by atoms with Crippen LogP contribution in [-0.4, -0.2) is 35.3 Å². The second-order valence-electron chi connectivity index (χ2n) is 7.49. The van der Waals surface area contributed by atoms with E-state index in [1.807, 2.05) is 0 Å². The lowest BCUT2D eigenvalue weighted by atomic mass is 9.96. The molecule has 0 heterocycles. The quantitative estimate of drug-likeness (QED) is 0.526. The Labute approximate surface area is 183 Å². The zero-order valence-corrected chi connectivity index (χ0v) is 18.7. The number of sulfonamides is 2. The van der Waals surface area contributed by atoms with E-state index in [4.69, 9.17) is 0 Å². The minimum absolute atomic E-state index is 0.0298. The maximum absolute atomic E-state index is 12.5. The molecule has 0 atom stereocenters. The van der Waals surface area contributed by atoms with Gasteiger partial charge >= 0.3 is 0 Å². The zero-order valence-electron chi connectivity index (χ0n) is 17.1. The lowest BCUT2D eigenvalue weighted by molar-refractivity contribution is -0.116. The Morgan fingerprint density at radius 1 is 0.806 bits per heavy atom. The van der Waals surface area contributed by atoms with Crippen molar-refractivity contribution in [2.45, 2.75) is 54.4 Å². The number of carbonyl (C=O) groups is 1. The summed E-state index contributed by atoms with van der Waals surface area (Å²) in [6.07, 6.45) is 4.83. The highest BCUT2D eigenvalue weighted by atomic mass is 32.2. The summed E-state index contributed by atoms with van der Waals surface area (Å²) in [5, 5.41) is 2.64. The summed E-state index contributed by atoms with van der Waals surface area (Å²) in [5.41, 5.74) is 0.438. The minimum atomic E-state index is -3.67. The van der Waals surface area contributed by atoms with Crippen LogP contribution in [0.25, 0.3) is 0 Å². The van der Waals surface area contributed by atoms with Crippen molar-refractivity contribution in [3.63, 3.8) is 0 Å². The van der Waals surface area contributed by atoms with Crippen LogP contribution in [0.1, 0.15) is 38.5 Å². The Balaban J connectivity index is 1.49. The summed E-state index contributed by atoms with van der Waals surface area (Å²) in [4.78, 5) is 12.4. The van der Waals surface area contributed by atoms with Gasteiger partial charge in [-0.25, -0.2) is 26.3 Å². The number of rotatable bonds is 9. The van der Waals surface area contributed by atoms with E-state index >= 15 is 0 Å². The van der Waals surface area contributed by atoms with Crippen molar-refractivity contribution in [3.8, 4) is 0 Å². The maximum atomic E-state index is 12.5. The first kappa shape index (κ1) is 23.4. The Morgan fingerprint density at radius 2 is 1.42 bits per heavy atom. The van der Waals surface area contributed by atoms with Gasteiger partial charge in [0.25, 0.3) is 0 Å². The molecule has 0 saturated heterocycles. The van der Waals surface area contributed by atoms with Gasteiger partial charge in [-0.2, -0.15) is 0 Å². The third-order valence-electron chi connectivity index (χ3n) is 5.07. The first-order chi connectivity index (χ1) is 14.8. The Hall–Kier alpha value is -2.27. The van der Waals surface area contributed by atoms with Gasteiger partial charge in [-0.15, -0.1) is 0 Å². The molecule has 0 aromatic heterocycles. The molecule has 0 aliphatic heterocycles. The largest absolute Gasteiger partial charge is 0.326 e. The van der Waals surface area contributed by atoms with Crippen LogP contribution in [0.3, 0.4) is 0 Å². The molecule has 1 aliphatic rings. The summed E-state index contributed by atoms with van der Waals surface area (Å²) in [6.45, 7) is -0.0547. The lowest BCUT2D eigenvalue weighted by Gasteiger charge is -2.22. The molecule has 0 spiro atoms. The summed E-state index contributed by atoms with van der Waals surface area (Å²) in [5.74, 6) is -0.383. The van der Waals surface area contributed by atoms with Gasteiger partial charge in [-0.3, -0.25) is 4.79 Å². The standard InChI is InChI=1S/C21H27N3O5S2/c25-21(15-16-22-30(26,27)19-9-5-2-6-10-19)23-17-11-13-20(14-12-17)31(28,29)24-18-7-3-1-4-8-18/h2,5-6,9-14,18,22,24H,1,3-4,7-8,15-16H2,(H,23,25). The van der Waals surface area contributed by atoms with E-state index in [2.05, 4.69) is 14.8 Å². The first-order valence-electron chi connectivity index (χ1n) is 10.2. The van der Waals surface area contributed by atoms with Crippen molar-refractivity contribution < 1.29 is 21.6 Å². The molecular formula is C21H27N3O5S2. The molecule has 8 nitrogen and oxygen atoms in total. The SMILES string of the molecule is O=C(CCNS(=O)(=O)c1ccccc1)Nc1ccc(S(=O)(=O)NC2CCCCC2)cc1. The Kier molecular flexibility index (Phi) is 7.82. The van der Waals surface area contributed by atoms with Crippen molar-refractivity contribution in [2.75, 3.05) is 11.9 Å². The summed E-state index contributed by atoms with van der Waals surface area (Å²) < 4.78 is 54.5.